The van der Waals surface area contributed by atoms with Crippen LogP contribution in [0.15, 0.2) is 6.20 Å². The van der Waals surface area contributed by atoms with E-state index < -0.39 is 0 Å². The monoisotopic (exact) mass is 205 g/mol. The molecule has 1 aliphatic heterocycles. The third-order valence-corrected chi connectivity index (χ3v) is 3.45. The number of carbonyl (C=O) groups is 1. The van der Waals surface area contributed by atoms with Crippen LogP contribution in [0, 0.1) is 0 Å². The minimum absolute atomic E-state index is 0.0365. The Balaban J connectivity index is 2.12. The molecule has 1 saturated carbocycles. The maximum atomic E-state index is 11.7. The van der Waals surface area contributed by atoms with E-state index in [1.165, 1.54) is 0 Å². The summed E-state index contributed by atoms with van der Waals surface area (Å²) in [5.41, 5.74) is 2.00. The van der Waals surface area contributed by atoms with Crippen LogP contribution < -0.4 is 5.32 Å². The van der Waals surface area contributed by atoms with Crippen molar-refractivity contribution in [1.82, 2.24) is 15.1 Å². The second kappa shape index (κ2) is 2.62. The highest BCUT2D eigenvalue weighted by molar-refractivity contribution is 5.97. The number of hydrogen-bond acceptors (Lipinski definition) is 2. The predicted octanol–water partition coefficient (Wildman–Crippen LogP) is 1.24. The maximum absolute atomic E-state index is 11.7. The number of nitrogens with one attached hydrogen (secondary N) is 1. The van der Waals surface area contributed by atoms with E-state index in [0.717, 1.165) is 30.6 Å². The summed E-state index contributed by atoms with van der Waals surface area (Å²) in [7, 11) is 0. The van der Waals surface area contributed by atoms with Gasteiger partial charge in [0, 0.05) is 24.2 Å². The molecule has 0 bridgehead atoms. The molecule has 0 atom stereocenters. The van der Waals surface area contributed by atoms with Gasteiger partial charge in [-0.2, -0.15) is 5.10 Å². The molecule has 0 radical (unpaired) electrons. The highest BCUT2D eigenvalue weighted by Crippen LogP contribution is 2.49. The van der Waals surface area contributed by atoms with E-state index in [1.807, 2.05) is 10.9 Å². The van der Waals surface area contributed by atoms with Crippen LogP contribution in [0.1, 0.15) is 48.8 Å². The zero-order valence-electron chi connectivity index (χ0n) is 9.08. The lowest BCUT2D eigenvalue weighted by atomic mass is 9.95. The topological polar surface area (TPSA) is 46.9 Å². The Kier molecular flexibility index (Phi) is 1.56. The molecule has 3 rings (SSSR count). The lowest BCUT2D eigenvalue weighted by Gasteiger charge is -2.20. The fourth-order valence-electron chi connectivity index (χ4n) is 2.21. The van der Waals surface area contributed by atoms with E-state index in [-0.39, 0.29) is 11.3 Å². The third kappa shape index (κ3) is 1.14. The highest BCUT2D eigenvalue weighted by atomic mass is 16.1. The van der Waals surface area contributed by atoms with Gasteiger partial charge < -0.3 is 5.32 Å². The predicted molar refractivity (Wildman–Crippen MR) is 55.9 cm³/mol. The van der Waals surface area contributed by atoms with E-state index in [4.69, 9.17) is 0 Å². The van der Waals surface area contributed by atoms with Gasteiger partial charge in [0.05, 0.1) is 11.3 Å². The average Bonchev–Trinajstić information content (AvgIpc) is 2.80. The largest absolute Gasteiger partial charge is 0.351 e. The van der Waals surface area contributed by atoms with Gasteiger partial charge in [0.2, 0.25) is 0 Å². The molecule has 0 saturated heterocycles. The lowest BCUT2D eigenvalue weighted by Crippen LogP contribution is -2.38. The number of fused-ring (bicyclic) bond motifs is 2. The average molecular weight is 205 g/mol. The van der Waals surface area contributed by atoms with E-state index in [0.29, 0.717) is 6.04 Å². The van der Waals surface area contributed by atoms with Crippen molar-refractivity contribution in [2.45, 2.75) is 38.1 Å². The first-order valence-electron chi connectivity index (χ1n) is 5.50. The maximum Gasteiger partial charge on any atom is 0.254 e. The van der Waals surface area contributed by atoms with E-state index in [2.05, 4.69) is 24.3 Å². The van der Waals surface area contributed by atoms with Crippen LogP contribution in [0.5, 0.6) is 0 Å². The van der Waals surface area contributed by atoms with Gasteiger partial charge >= 0.3 is 0 Å². The molecule has 4 heteroatoms. The van der Waals surface area contributed by atoms with Gasteiger partial charge in [-0.15, -0.1) is 0 Å². The summed E-state index contributed by atoms with van der Waals surface area (Å²) in [5, 5.41) is 7.52. The number of nitrogens with zero attached hydrogens (tertiary/aromatic N) is 2. The SMILES string of the molecule is CC(C)n1cc2c(n1)C1(CC1)CNC2=O. The molecule has 1 aromatic heterocycles. The smallest absolute Gasteiger partial charge is 0.254 e. The molecule has 2 heterocycles. The number of hydrogen-bond donors (Lipinski definition) is 1. The van der Waals surface area contributed by atoms with Crippen LogP contribution in [-0.4, -0.2) is 22.2 Å². The van der Waals surface area contributed by atoms with Crippen LogP contribution in [0.3, 0.4) is 0 Å². The van der Waals surface area contributed by atoms with Gasteiger partial charge in [0.15, 0.2) is 0 Å². The first-order chi connectivity index (χ1) is 7.12. The number of rotatable bonds is 1. The molecule has 2 aliphatic rings. The summed E-state index contributed by atoms with van der Waals surface area (Å²) in [5.74, 6) is 0.0365. The minimum atomic E-state index is 0.0365. The van der Waals surface area contributed by atoms with Crippen molar-refractivity contribution in [2.24, 2.45) is 0 Å². The van der Waals surface area contributed by atoms with Crippen molar-refractivity contribution in [3.05, 3.63) is 17.5 Å². The first kappa shape index (κ1) is 8.95. The minimum Gasteiger partial charge on any atom is -0.351 e. The second-order valence-corrected chi connectivity index (χ2v) is 4.93. The molecule has 4 nitrogen and oxygen atoms in total. The Morgan fingerprint density at radius 3 is 2.87 bits per heavy atom. The van der Waals surface area contributed by atoms with Gasteiger partial charge in [-0.3, -0.25) is 9.48 Å². The Hall–Kier alpha value is -1.32. The normalized spacial score (nSPS) is 21.7. The van der Waals surface area contributed by atoms with E-state index in [9.17, 15) is 4.79 Å². The van der Waals surface area contributed by atoms with Gasteiger partial charge in [0.25, 0.3) is 5.91 Å². The molecule has 1 N–H and O–H groups in total. The molecule has 1 amide bonds. The lowest BCUT2D eigenvalue weighted by molar-refractivity contribution is 0.0937. The highest BCUT2D eigenvalue weighted by Gasteiger charge is 2.51. The van der Waals surface area contributed by atoms with Gasteiger partial charge in [0.1, 0.15) is 0 Å². The van der Waals surface area contributed by atoms with Crippen molar-refractivity contribution in [1.29, 1.82) is 0 Å². The molecule has 0 aromatic carbocycles. The molecule has 0 unspecified atom stereocenters. The van der Waals surface area contributed by atoms with Gasteiger partial charge in [-0.05, 0) is 26.7 Å². The molecule has 15 heavy (non-hydrogen) atoms. The van der Waals surface area contributed by atoms with Crippen LogP contribution in [0.4, 0.5) is 0 Å². The van der Waals surface area contributed by atoms with Gasteiger partial charge in [-0.25, -0.2) is 0 Å². The first-order valence-corrected chi connectivity index (χ1v) is 5.50. The van der Waals surface area contributed by atoms with Crippen molar-refractivity contribution >= 4 is 5.91 Å². The Labute approximate surface area is 88.7 Å². The summed E-state index contributed by atoms with van der Waals surface area (Å²) in [6.07, 6.45) is 4.21. The van der Waals surface area contributed by atoms with Crippen LogP contribution in [0.2, 0.25) is 0 Å². The fraction of sp³-hybridized carbons (Fsp3) is 0.636. The van der Waals surface area contributed by atoms with Gasteiger partial charge in [-0.1, -0.05) is 0 Å². The van der Waals surface area contributed by atoms with Crippen LogP contribution >= 0.6 is 0 Å². The summed E-state index contributed by atoms with van der Waals surface area (Å²) in [4.78, 5) is 11.7. The molecule has 1 aromatic rings. The summed E-state index contributed by atoms with van der Waals surface area (Å²) < 4.78 is 1.90. The summed E-state index contributed by atoms with van der Waals surface area (Å²) in [6, 6.07) is 0.319. The molecule has 1 spiro atoms. The van der Waals surface area contributed by atoms with Crippen molar-refractivity contribution < 1.29 is 4.79 Å². The Morgan fingerprint density at radius 2 is 2.27 bits per heavy atom. The zero-order valence-corrected chi connectivity index (χ0v) is 9.08. The van der Waals surface area contributed by atoms with E-state index in [1.54, 1.807) is 0 Å². The molecular weight excluding hydrogens is 190 g/mol. The van der Waals surface area contributed by atoms with Crippen molar-refractivity contribution in [2.75, 3.05) is 6.54 Å². The van der Waals surface area contributed by atoms with Crippen molar-refractivity contribution in [3.63, 3.8) is 0 Å². The van der Waals surface area contributed by atoms with Crippen LogP contribution in [-0.2, 0) is 5.41 Å². The summed E-state index contributed by atoms with van der Waals surface area (Å²) in [6.45, 7) is 4.93. The van der Waals surface area contributed by atoms with Crippen molar-refractivity contribution in [3.8, 4) is 0 Å². The molecule has 80 valence electrons. The number of carbonyl (C=O) groups excluding carboxylic acids is 1. The second-order valence-electron chi connectivity index (χ2n) is 4.93. The quantitative estimate of drug-likeness (QED) is 0.749. The number of aromatic nitrogens is 2. The zero-order chi connectivity index (χ0) is 10.6. The third-order valence-electron chi connectivity index (χ3n) is 3.45. The Bertz CT molecular complexity index is 429. The summed E-state index contributed by atoms with van der Waals surface area (Å²) >= 11 is 0. The van der Waals surface area contributed by atoms with E-state index >= 15 is 0 Å². The standard InChI is InChI=1S/C11H15N3O/c1-7(2)14-5-8-9(13-14)11(3-4-11)6-12-10(8)15/h5,7H,3-4,6H2,1-2H3,(H,12,15). The number of amides is 1. The molecular formula is C11H15N3O. The fourth-order valence-corrected chi connectivity index (χ4v) is 2.21. The van der Waals surface area contributed by atoms with Crippen LogP contribution in [0.25, 0.3) is 0 Å². The molecule has 1 aliphatic carbocycles. The molecule has 1 fully saturated rings. The Morgan fingerprint density at radius 1 is 1.53 bits per heavy atom.